The van der Waals surface area contributed by atoms with Gasteiger partial charge in [-0.3, -0.25) is 10.00 Å². The topological polar surface area (TPSA) is 73.0 Å². The predicted molar refractivity (Wildman–Crippen MR) is 112 cm³/mol. The molecule has 0 saturated carbocycles. The van der Waals surface area contributed by atoms with Gasteiger partial charge >= 0.3 is 0 Å². The van der Waals surface area contributed by atoms with Gasteiger partial charge in [0.1, 0.15) is 10.6 Å². The third kappa shape index (κ3) is 2.54. The van der Waals surface area contributed by atoms with E-state index in [9.17, 15) is 0 Å². The minimum Gasteiger partial charge on any atom is -0.341 e. The number of H-pyrrole nitrogens is 1. The highest BCUT2D eigenvalue weighted by atomic mass is 32.1. The van der Waals surface area contributed by atoms with Gasteiger partial charge in [0.25, 0.3) is 0 Å². The average molecular weight is 396 g/mol. The summed E-state index contributed by atoms with van der Waals surface area (Å²) in [4.78, 5) is 15.9. The van der Waals surface area contributed by atoms with Crippen LogP contribution in [0.15, 0.2) is 17.5 Å². The number of thiophene rings is 1. The van der Waals surface area contributed by atoms with E-state index in [0.717, 1.165) is 51.5 Å². The second kappa shape index (κ2) is 6.15. The van der Waals surface area contributed by atoms with Gasteiger partial charge in [-0.25, -0.2) is 4.98 Å². The van der Waals surface area contributed by atoms with E-state index in [0.29, 0.717) is 6.04 Å². The predicted octanol–water partition coefficient (Wildman–Crippen LogP) is 3.53. The maximum absolute atomic E-state index is 4.92. The lowest BCUT2D eigenvalue weighted by Gasteiger charge is -2.40. The van der Waals surface area contributed by atoms with Crippen molar-refractivity contribution in [1.82, 2.24) is 25.1 Å². The van der Waals surface area contributed by atoms with Crippen LogP contribution in [0.2, 0.25) is 0 Å². The number of nitrogens with zero attached hydrogens (tertiary/aromatic N) is 5. The SMILES string of the molecule is Cc1cc(Nc2nc(N(C)[C@@H]3C[C@H]4CC5CCN4[C@@H]5C3)nc3sccc23)n[nH]1. The normalized spacial score (nSPS) is 30.9. The van der Waals surface area contributed by atoms with E-state index in [-0.39, 0.29) is 0 Å². The van der Waals surface area contributed by atoms with Crippen molar-refractivity contribution in [3.8, 4) is 0 Å². The van der Waals surface area contributed by atoms with Crippen molar-refractivity contribution in [3.63, 3.8) is 0 Å². The molecule has 3 aromatic rings. The van der Waals surface area contributed by atoms with Crippen LogP contribution >= 0.6 is 11.3 Å². The number of hydrogen-bond donors (Lipinski definition) is 2. The third-order valence-electron chi connectivity index (χ3n) is 6.96. The van der Waals surface area contributed by atoms with Crippen molar-refractivity contribution < 1.29 is 0 Å². The zero-order chi connectivity index (χ0) is 18.8. The van der Waals surface area contributed by atoms with Gasteiger partial charge in [0.05, 0.1) is 5.39 Å². The van der Waals surface area contributed by atoms with E-state index in [1.54, 1.807) is 11.3 Å². The van der Waals surface area contributed by atoms with Crippen LogP contribution in [0.4, 0.5) is 17.6 Å². The lowest BCUT2D eigenvalue weighted by Crippen LogP contribution is -2.48. The molecular weight excluding hydrogens is 370 g/mol. The molecule has 8 heteroatoms. The molecule has 3 aliphatic heterocycles. The van der Waals surface area contributed by atoms with Crippen molar-refractivity contribution in [3.05, 3.63) is 23.2 Å². The van der Waals surface area contributed by atoms with Gasteiger partial charge < -0.3 is 10.2 Å². The summed E-state index contributed by atoms with van der Waals surface area (Å²) in [5, 5.41) is 13.8. The van der Waals surface area contributed by atoms with Crippen LogP contribution in [0.25, 0.3) is 10.2 Å². The average Bonchev–Trinajstić information content (AvgIpc) is 3.46. The number of hydrogen-bond acceptors (Lipinski definition) is 7. The van der Waals surface area contributed by atoms with Gasteiger partial charge in [0, 0.05) is 36.9 Å². The lowest BCUT2D eigenvalue weighted by molar-refractivity contribution is 0.149. The van der Waals surface area contributed by atoms with Crippen molar-refractivity contribution in [1.29, 1.82) is 0 Å². The molecule has 0 spiro atoms. The summed E-state index contributed by atoms with van der Waals surface area (Å²) >= 11 is 1.67. The minimum absolute atomic E-state index is 0.521. The highest BCUT2D eigenvalue weighted by Gasteiger charge is 2.51. The molecule has 6 rings (SSSR count). The summed E-state index contributed by atoms with van der Waals surface area (Å²) < 4.78 is 0. The van der Waals surface area contributed by atoms with E-state index < -0.39 is 0 Å². The summed E-state index contributed by atoms with van der Waals surface area (Å²) in [7, 11) is 2.17. The molecular formula is C20H25N7S. The van der Waals surface area contributed by atoms with Crippen molar-refractivity contribution in [2.24, 2.45) is 5.92 Å². The number of aromatic nitrogens is 4. The van der Waals surface area contributed by atoms with Gasteiger partial charge in [-0.15, -0.1) is 11.3 Å². The molecule has 7 nitrogen and oxygen atoms in total. The van der Waals surface area contributed by atoms with Crippen molar-refractivity contribution in [2.45, 2.75) is 50.7 Å². The standard InChI is InChI=1S/C20H25N7S/c1-11-7-17(25-24-11)21-18-15-4-6-28-19(15)23-20(22-18)26(2)13-9-14-8-12-3-5-27(14)16(12)10-13/h4,6-7,12-14,16H,3,5,8-10H2,1-2H3,(H2,21,22,23,24,25)/t12?,13-,14-,16-/m1/s1. The van der Waals surface area contributed by atoms with E-state index in [2.05, 4.69) is 43.8 Å². The first kappa shape index (κ1) is 16.7. The fourth-order valence-corrected chi connectivity index (χ4v) is 6.34. The van der Waals surface area contributed by atoms with Gasteiger partial charge in [-0.1, -0.05) is 0 Å². The van der Waals surface area contributed by atoms with Crippen molar-refractivity contribution in [2.75, 3.05) is 23.8 Å². The zero-order valence-electron chi connectivity index (χ0n) is 16.2. The molecule has 3 aliphatic rings. The number of anilines is 3. The van der Waals surface area contributed by atoms with Crippen LogP contribution in [0.3, 0.4) is 0 Å². The number of nitrogens with one attached hydrogen (secondary N) is 2. The fourth-order valence-electron chi connectivity index (χ4n) is 5.59. The van der Waals surface area contributed by atoms with Crippen molar-refractivity contribution >= 4 is 39.1 Å². The number of piperidine rings is 2. The molecule has 2 N–H and O–H groups in total. The molecule has 28 heavy (non-hydrogen) atoms. The maximum Gasteiger partial charge on any atom is 0.228 e. The maximum atomic E-state index is 4.92. The van der Waals surface area contributed by atoms with Gasteiger partial charge in [0.15, 0.2) is 5.82 Å². The minimum atomic E-state index is 0.521. The Morgan fingerprint density at radius 1 is 1.29 bits per heavy atom. The fraction of sp³-hybridized carbons (Fsp3) is 0.550. The Labute approximate surface area is 168 Å². The summed E-state index contributed by atoms with van der Waals surface area (Å²) in [6, 6.07) is 6.14. The summed E-state index contributed by atoms with van der Waals surface area (Å²) in [5.41, 5.74) is 1.03. The number of fused-ring (bicyclic) bond motifs is 1. The monoisotopic (exact) mass is 395 g/mol. The van der Waals surface area contributed by atoms with E-state index >= 15 is 0 Å². The summed E-state index contributed by atoms with van der Waals surface area (Å²) in [6.45, 7) is 3.31. The zero-order valence-corrected chi connectivity index (χ0v) is 17.0. The molecule has 0 radical (unpaired) electrons. The second-order valence-electron chi connectivity index (χ2n) is 8.55. The van der Waals surface area contributed by atoms with Crippen LogP contribution < -0.4 is 10.2 Å². The van der Waals surface area contributed by atoms with Crippen LogP contribution in [-0.2, 0) is 0 Å². The lowest BCUT2D eigenvalue weighted by atomic mass is 9.97. The Balaban J connectivity index is 1.31. The van der Waals surface area contributed by atoms with Crippen LogP contribution in [0.1, 0.15) is 31.4 Å². The quantitative estimate of drug-likeness (QED) is 0.704. The summed E-state index contributed by atoms with van der Waals surface area (Å²) in [6.07, 6.45) is 5.26. The molecule has 4 bridgehead atoms. The molecule has 0 amide bonds. The van der Waals surface area contributed by atoms with Gasteiger partial charge in [-0.05, 0) is 56.5 Å². The Bertz CT molecular complexity index is 1030. The first-order valence-corrected chi connectivity index (χ1v) is 11.1. The molecule has 5 atom stereocenters. The first-order chi connectivity index (χ1) is 13.7. The van der Waals surface area contributed by atoms with Gasteiger partial charge in [0.2, 0.25) is 5.95 Å². The van der Waals surface area contributed by atoms with E-state index in [1.165, 1.54) is 32.2 Å². The number of aryl methyl sites for hydroxylation is 1. The first-order valence-electron chi connectivity index (χ1n) is 10.2. The Morgan fingerprint density at radius 3 is 3.04 bits per heavy atom. The Hall–Kier alpha value is -2.19. The van der Waals surface area contributed by atoms with Crippen LogP contribution in [-0.4, -0.2) is 56.8 Å². The Morgan fingerprint density at radius 2 is 2.21 bits per heavy atom. The smallest absolute Gasteiger partial charge is 0.228 e. The molecule has 3 aromatic heterocycles. The number of aromatic amines is 1. The van der Waals surface area contributed by atoms with E-state index in [4.69, 9.17) is 9.97 Å². The van der Waals surface area contributed by atoms with E-state index in [1.807, 2.05) is 13.0 Å². The Kier molecular flexibility index (Phi) is 3.68. The third-order valence-corrected chi connectivity index (χ3v) is 7.77. The highest BCUT2D eigenvalue weighted by Crippen LogP contribution is 2.47. The molecule has 3 fully saturated rings. The molecule has 146 valence electrons. The number of rotatable bonds is 4. The second-order valence-corrected chi connectivity index (χ2v) is 9.45. The molecule has 6 heterocycles. The van der Waals surface area contributed by atoms with Gasteiger partial charge in [-0.2, -0.15) is 10.1 Å². The molecule has 0 aliphatic carbocycles. The molecule has 0 aromatic carbocycles. The van der Waals surface area contributed by atoms with Crippen LogP contribution in [0, 0.1) is 12.8 Å². The molecule has 3 saturated heterocycles. The highest BCUT2D eigenvalue weighted by molar-refractivity contribution is 7.16. The largest absolute Gasteiger partial charge is 0.341 e. The van der Waals surface area contributed by atoms with Crippen LogP contribution in [0.5, 0.6) is 0 Å². The molecule has 2 unspecified atom stereocenters. The summed E-state index contributed by atoms with van der Waals surface area (Å²) in [5.74, 6) is 3.36.